The summed E-state index contributed by atoms with van der Waals surface area (Å²) in [5.41, 5.74) is -6.28. The van der Waals surface area contributed by atoms with Crippen LogP contribution in [0.25, 0.3) is 0 Å². The summed E-state index contributed by atoms with van der Waals surface area (Å²) >= 11 is 0. The first kappa shape index (κ1) is 29.1. The Bertz CT molecular complexity index is 507. The van der Waals surface area contributed by atoms with Crippen molar-refractivity contribution < 1.29 is 57.1 Å². The molecule has 0 saturated heterocycles. The topological polar surface area (TPSA) is 0 Å². The molecule has 1 unspecified atom stereocenters. The van der Waals surface area contributed by atoms with E-state index in [1.807, 2.05) is 6.92 Å². The standard InChI is InChI=1S/C17H23F13/c1-2-3-4-5-6-7-8-9-10-11-12(18,16(25,26)27)13(19,20)14(21,22)15(23,24)17(28,29)30/h2-11H2,1H3. The van der Waals surface area contributed by atoms with E-state index in [0.29, 0.717) is 12.8 Å². The summed E-state index contributed by atoms with van der Waals surface area (Å²) in [5.74, 6) is -22.6. The van der Waals surface area contributed by atoms with Crippen molar-refractivity contribution in [3.8, 4) is 0 Å². The Morgan fingerprint density at radius 3 is 1.10 bits per heavy atom. The molecule has 0 aliphatic heterocycles. The van der Waals surface area contributed by atoms with Crippen LogP contribution in [-0.2, 0) is 0 Å². The lowest BCUT2D eigenvalue weighted by molar-refractivity contribution is -0.432. The van der Waals surface area contributed by atoms with E-state index >= 15 is 0 Å². The van der Waals surface area contributed by atoms with Crippen molar-refractivity contribution in [3.05, 3.63) is 0 Å². The van der Waals surface area contributed by atoms with Gasteiger partial charge in [0.05, 0.1) is 0 Å². The molecule has 1 atom stereocenters. The van der Waals surface area contributed by atoms with E-state index in [-0.39, 0.29) is 12.8 Å². The van der Waals surface area contributed by atoms with E-state index in [1.165, 1.54) is 0 Å². The molecule has 13 heteroatoms. The maximum Gasteiger partial charge on any atom is 0.460 e. The van der Waals surface area contributed by atoms with Crippen molar-refractivity contribution in [1.29, 1.82) is 0 Å². The maximum atomic E-state index is 14.1. The van der Waals surface area contributed by atoms with E-state index in [0.717, 1.165) is 25.7 Å². The van der Waals surface area contributed by atoms with Crippen LogP contribution in [0.15, 0.2) is 0 Å². The third kappa shape index (κ3) is 5.86. The lowest BCUT2D eigenvalue weighted by Gasteiger charge is -2.41. The molecule has 0 aromatic carbocycles. The summed E-state index contributed by atoms with van der Waals surface area (Å²) in [6, 6.07) is 0. The predicted molar refractivity (Wildman–Crippen MR) is 82.6 cm³/mol. The van der Waals surface area contributed by atoms with Gasteiger partial charge < -0.3 is 0 Å². The van der Waals surface area contributed by atoms with Crippen molar-refractivity contribution in [3.63, 3.8) is 0 Å². The van der Waals surface area contributed by atoms with E-state index in [4.69, 9.17) is 0 Å². The van der Waals surface area contributed by atoms with Gasteiger partial charge in [-0.2, -0.15) is 52.7 Å². The summed E-state index contributed by atoms with van der Waals surface area (Å²) in [6.07, 6.45) is -13.2. The molecule has 0 fully saturated rings. The zero-order valence-electron chi connectivity index (χ0n) is 16.0. The molecule has 0 amide bonds. The predicted octanol–water partition coefficient (Wildman–Crippen LogP) is 8.65. The highest BCUT2D eigenvalue weighted by Gasteiger charge is 2.89. The summed E-state index contributed by atoms with van der Waals surface area (Å²) in [5, 5.41) is 0. The van der Waals surface area contributed by atoms with Gasteiger partial charge in [0.15, 0.2) is 0 Å². The summed E-state index contributed by atoms with van der Waals surface area (Å²) in [4.78, 5) is 0. The largest absolute Gasteiger partial charge is 0.460 e. The third-order valence-electron chi connectivity index (χ3n) is 4.72. The highest BCUT2D eigenvalue weighted by molar-refractivity contribution is 5.12. The molecule has 0 saturated carbocycles. The van der Waals surface area contributed by atoms with Crippen molar-refractivity contribution in [1.82, 2.24) is 0 Å². The van der Waals surface area contributed by atoms with Gasteiger partial charge >= 0.3 is 30.1 Å². The molecule has 0 bridgehead atoms. The van der Waals surface area contributed by atoms with Crippen LogP contribution < -0.4 is 0 Å². The van der Waals surface area contributed by atoms with Crippen LogP contribution in [-0.4, -0.2) is 35.8 Å². The van der Waals surface area contributed by atoms with Gasteiger partial charge in [-0.3, -0.25) is 0 Å². The number of alkyl halides is 13. The second-order valence-electron chi connectivity index (χ2n) is 7.10. The molecule has 0 aliphatic rings. The molecule has 0 aromatic heterocycles. The van der Waals surface area contributed by atoms with E-state index < -0.39 is 48.6 Å². The first-order valence-corrected chi connectivity index (χ1v) is 9.27. The maximum absolute atomic E-state index is 14.1. The van der Waals surface area contributed by atoms with Gasteiger partial charge in [-0.1, -0.05) is 58.3 Å². The molecule has 0 radical (unpaired) electrons. The number of rotatable bonds is 13. The van der Waals surface area contributed by atoms with Gasteiger partial charge in [0.1, 0.15) is 0 Å². The quantitative estimate of drug-likeness (QED) is 0.185. The van der Waals surface area contributed by atoms with Crippen molar-refractivity contribution in [2.24, 2.45) is 0 Å². The smallest absolute Gasteiger partial charge is 0.227 e. The lowest BCUT2D eigenvalue weighted by atomic mass is 9.84. The normalized spacial score (nSPS) is 16.6. The molecular weight excluding hydrogens is 451 g/mol. The van der Waals surface area contributed by atoms with Crippen LogP contribution >= 0.6 is 0 Å². The van der Waals surface area contributed by atoms with Gasteiger partial charge in [-0.05, 0) is 12.8 Å². The Kier molecular flexibility index (Phi) is 9.83. The fraction of sp³-hybridized carbons (Fsp3) is 1.00. The van der Waals surface area contributed by atoms with Crippen LogP contribution in [0.5, 0.6) is 0 Å². The first-order valence-electron chi connectivity index (χ1n) is 9.27. The monoisotopic (exact) mass is 474 g/mol. The zero-order chi connectivity index (χ0) is 24.1. The average molecular weight is 474 g/mol. The van der Waals surface area contributed by atoms with Crippen LogP contribution in [0.3, 0.4) is 0 Å². The number of hydrogen-bond donors (Lipinski definition) is 0. The molecule has 0 nitrogen and oxygen atoms in total. The van der Waals surface area contributed by atoms with Gasteiger partial charge in [-0.15, -0.1) is 0 Å². The fourth-order valence-electron chi connectivity index (χ4n) is 2.78. The summed E-state index contributed by atoms with van der Waals surface area (Å²) in [6.45, 7) is 1.95. The molecule has 0 aromatic rings. The van der Waals surface area contributed by atoms with Crippen LogP contribution in [0.4, 0.5) is 57.1 Å². The van der Waals surface area contributed by atoms with Gasteiger partial charge in [0.25, 0.3) is 5.67 Å². The average Bonchev–Trinajstić information content (AvgIpc) is 2.57. The van der Waals surface area contributed by atoms with Crippen LogP contribution in [0, 0.1) is 0 Å². The third-order valence-corrected chi connectivity index (χ3v) is 4.72. The molecule has 30 heavy (non-hydrogen) atoms. The van der Waals surface area contributed by atoms with Crippen LogP contribution in [0.1, 0.15) is 71.1 Å². The highest BCUT2D eigenvalue weighted by atomic mass is 19.4. The molecule has 182 valence electrons. The molecule has 0 N–H and O–H groups in total. The number of halogens is 13. The van der Waals surface area contributed by atoms with Gasteiger partial charge in [-0.25, -0.2) is 4.39 Å². The Morgan fingerprint density at radius 2 is 0.767 bits per heavy atom. The van der Waals surface area contributed by atoms with Gasteiger partial charge in [0, 0.05) is 0 Å². The minimum atomic E-state index is -7.68. The van der Waals surface area contributed by atoms with Crippen molar-refractivity contribution >= 4 is 0 Å². The molecular formula is C17H23F13. The molecule has 0 aliphatic carbocycles. The zero-order valence-corrected chi connectivity index (χ0v) is 16.0. The second-order valence-corrected chi connectivity index (χ2v) is 7.10. The molecule has 0 spiro atoms. The van der Waals surface area contributed by atoms with Crippen molar-refractivity contribution in [2.45, 2.75) is 107 Å². The molecule has 0 heterocycles. The van der Waals surface area contributed by atoms with Gasteiger partial charge in [0.2, 0.25) is 0 Å². The van der Waals surface area contributed by atoms with E-state index in [2.05, 4.69) is 0 Å². The highest BCUT2D eigenvalue weighted by Crippen LogP contribution is 2.61. The lowest BCUT2D eigenvalue weighted by Crippen LogP contribution is -2.70. The summed E-state index contributed by atoms with van der Waals surface area (Å²) in [7, 11) is 0. The van der Waals surface area contributed by atoms with E-state index in [9.17, 15) is 57.1 Å². The Labute approximate surface area is 165 Å². The minimum absolute atomic E-state index is 0.126. The SMILES string of the molecule is CCCCCCCCCCCC(F)(C(F)(F)F)C(F)(F)C(F)(F)C(F)(F)C(F)(F)F. The summed E-state index contributed by atoms with van der Waals surface area (Å²) < 4.78 is 169. The Morgan fingerprint density at radius 1 is 0.400 bits per heavy atom. The van der Waals surface area contributed by atoms with E-state index in [1.54, 1.807) is 0 Å². The number of hydrogen-bond acceptors (Lipinski definition) is 0. The van der Waals surface area contributed by atoms with Crippen LogP contribution in [0.2, 0.25) is 0 Å². The minimum Gasteiger partial charge on any atom is -0.227 e. The van der Waals surface area contributed by atoms with Crippen molar-refractivity contribution in [2.75, 3.05) is 0 Å². The molecule has 0 rings (SSSR count). The fourth-order valence-corrected chi connectivity index (χ4v) is 2.78. The second kappa shape index (κ2) is 10.1. The Balaban J connectivity index is 5.33. The first-order chi connectivity index (χ1) is 13.3. The Hall–Kier alpha value is -0.910. The number of unbranched alkanes of at least 4 members (excludes halogenated alkanes) is 8.